The molecule has 2 aromatic heterocycles. The summed E-state index contributed by atoms with van der Waals surface area (Å²) < 4.78 is 5.95. The molecule has 1 saturated heterocycles. The van der Waals surface area contributed by atoms with Crippen LogP contribution in [0.4, 0.5) is 17.2 Å². The number of rotatable bonds is 6. The predicted molar refractivity (Wildman–Crippen MR) is 104 cm³/mol. The minimum Gasteiger partial charge on any atom is -0.461 e. The van der Waals surface area contributed by atoms with E-state index in [0.717, 1.165) is 41.9 Å². The fraction of sp³-hybridized carbons (Fsp3) is 0.350. The summed E-state index contributed by atoms with van der Waals surface area (Å²) in [6, 6.07) is 11.3. The first-order valence-corrected chi connectivity index (χ1v) is 9.23. The fourth-order valence-electron chi connectivity index (χ4n) is 3.66. The van der Waals surface area contributed by atoms with Crippen LogP contribution < -0.4 is 5.32 Å². The van der Waals surface area contributed by atoms with Crippen molar-refractivity contribution < 1.29 is 9.34 Å². The highest BCUT2D eigenvalue weighted by Crippen LogP contribution is 2.28. The monoisotopic (exact) mass is 366 g/mol. The lowest BCUT2D eigenvalue weighted by Gasteiger charge is -2.19. The summed E-state index contributed by atoms with van der Waals surface area (Å²) in [7, 11) is 0. The van der Waals surface area contributed by atoms with Gasteiger partial charge >= 0.3 is 5.69 Å². The van der Waals surface area contributed by atoms with E-state index < -0.39 is 4.92 Å². The van der Waals surface area contributed by atoms with Gasteiger partial charge in [-0.15, -0.1) is 0 Å². The number of hydrogen-bond donors (Lipinski definition) is 1. The van der Waals surface area contributed by atoms with E-state index in [2.05, 4.69) is 22.1 Å². The van der Waals surface area contributed by atoms with Gasteiger partial charge in [-0.25, -0.2) is 4.98 Å². The van der Waals surface area contributed by atoms with Gasteiger partial charge in [0.25, 0.3) is 0 Å². The van der Waals surface area contributed by atoms with Gasteiger partial charge in [-0.1, -0.05) is 0 Å². The Kier molecular flexibility index (Phi) is 4.77. The van der Waals surface area contributed by atoms with Crippen LogP contribution in [0.5, 0.6) is 0 Å². The second kappa shape index (κ2) is 7.36. The van der Waals surface area contributed by atoms with Crippen molar-refractivity contribution in [2.75, 3.05) is 18.4 Å². The molecule has 0 radical (unpaired) electrons. The molecule has 1 fully saturated rings. The molecule has 0 aliphatic carbocycles. The number of nitrogens with zero attached hydrogens (tertiary/aromatic N) is 3. The minimum atomic E-state index is -0.441. The summed E-state index contributed by atoms with van der Waals surface area (Å²) in [5.41, 5.74) is 1.51. The van der Waals surface area contributed by atoms with Crippen LogP contribution in [0.2, 0.25) is 0 Å². The number of benzene rings is 1. The average Bonchev–Trinajstić information content (AvgIpc) is 3.25. The molecule has 7 nitrogen and oxygen atoms in total. The topological polar surface area (TPSA) is 84.4 Å². The lowest BCUT2D eigenvalue weighted by Crippen LogP contribution is -2.28. The van der Waals surface area contributed by atoms with Crippen molar-refractivity contribution in [3.63, 3.8) is 0 Å². The SMILES string of the molecule is C[C@@H]1CCCN1CCc1cc2cc(Nc3ncccc3[N+](=O)[O-])ccc2o1. The maximum atomic E-state index is 11.1. The van der Waals surface area contributed by atoms with Crippen LogP contribution in [0.25, 0.3) is 11.0 Å². The van der Waals surface area contributed by atoms with E-state index in [0.29, 0.717) is 6.04 Å². The van der Waals surface area contributed by atoms with Gasteiger partial charge in [0.15, 0.2) is 0 Å². The number of furan rings is 1. The van der Waals surface area contributed by atoms with Gasteiger partial charge in [-0.05, 0) is 56.6 Å². The molecular formula is C20H22N4O3. The van der Waals surface area contributed by atoms with Crippen molar-refractivity contribution in [3.8, 4) is 0 Å². The average molecular weight is 366 g/mol. The molecule has 7 heteroatoms. The van der Waals surface area contributed by atoms with E-state index in [1.807, 2.05) is 24.3 Å². The van der Waals surface area contributed by atoms with Crippen molar-refractivity contribution in [1.82, 2.24) is 9.88 Å². The highest BCUT2D eigenvalue weighted by molar-refractivity contribution is 5.83. The van der Waals surface area contributed by atoms with Crippen LogP contribution in [0.3, 0.4) is 0 Å². The molecule has 0 spiro atoms. The number of pyridine rings is 1. The number of fused-ring (bicyclic) bond motifs is 1. The molecule has 1 aliphatic heterocycles. The maximum absolute atomic E-state index is 11.1. The van der Waals surface area contributed by atoms with Crippen molar-refractivity contribution in [2.45, 2.75) is 32.2 Å². The van der Waals surface area contributed by atoms with Crippen molar-refractivity contribution in [1.29, 1.82) is 0 Å². The standard InChI is InChI=1S/C20H22N4O3/c1-14-4-3-10-23(14)11-8-17-13-15-12-16(6-7-19(15)27-17)22-20-18(24(25)26)5-2-9-21-20/h2,5-7,9,12-14H,3-4,8,10-11H2,1H3,(H,21,22)/t14-/m1/s1. The zero-order valence-electron chi connectivity index (χ0n) is 15.2. The van der Waals surface area contributed by atoms with Crippen LogP contribution in [-0.2, 0) is 6.42 Å². The number of aromatic nitrogens is 1. The largest absolute Gasteiger partial charge is 0.461 e. The van der Waals surface area contributed by atoms with Crippen molar-refractivity contribution in [3.05, 3.63) is 58.5 Å². The summed E-state index contributed by atoms with van der Waals surface area (Å²) in [6.45, 7) is 4.45. The van der Waals surface area contributed by atoms with Crippen LogP contribution in [0.1, 0.15) is 25.5 Å². The van der Waals surface area contributed by atoms with Crippen LogP contribution in [0, 0.1) is 10.1 Å². The van der Waals surface area contributed by atoms with E-state index in [4.69, 9.17) is 4.42 Å². The first-order valence-electron chi connectivity index (χ1n) is 9.23. The first kappa shape index (κ1) is 17.5. The molecule has 3 aromatic rings. The summed E-state index contributed by atoms with van der Waals surface area (Å²) in [5.74, 6) is 1.19. The molecule has 1 aromatic carbocycles. The summed E-state index contributed by atoms with van der Waals surface area (Å²) in [6.07, 6.45) is 4.96. The number of nitro groups is 1. The highest BCUT2D eigenvalue weighted by Gasteiger charge is 2.20. The van der Waals surface area contributed by atoms with Gasteiger partial charge in [0, 0.05) is 42.3 Å². The first-order chi connectivity index (χ1) is 13.1. The third-order valence-electron chi connectivity index (χ3n) is 5.15. The smallest absolute Gasteiger partial charge is 0.311 e. The fourth-order valence-corrected chi connectivity index (χ4v) is 3.66. The van der Waals surface area contributed by atoms with Crippen molar-refractivity contribution >= 4 is 28.2 Å². The lowest BCUT2D eigenvalue weighted by atomic mass is 10.2. The summed E-state index contributed by atoms with van der Waals surface area (Å²) in [4.78, 5) is 17.3. The Balaban J connectivity index is 1.50. The number of anilines is 2. The molecule has 0 bridgehead atoms. The number of likely N-dealkylation sites (tertiary alicyclic amines) is 1. The van der Waals surface area contributed by atoms with Gasteiger partial charge in [-0.3, -0.25) is 10.1 Å². The van der Waals surface area contributed by atoms with Gasteiger partial charge in [0.1, 0.15) is 11.3 Å². The molecule has 27 heavy (non-hydrogen) atoms. The Hall–Kier alpha value is -2.93. The van der Waals surface area contributed by atoms with E-state index >= 15 is 0 Å². The van der Waals surface area contributed by atoms with Crippen molar-refractivity contribution in [2.24, 2.45) is 0 Å². The van der Waals surface area contributed by atoms with Gasteiger partial charge in [-0.2, -0.15) is 0 Å². The second-order valence-corrected chi connectivity index (χ2v) is 7.00. The molecule has 1 aliphatic rings. The summed E-state index contributed by atoms with van der Waals surface area (Å²) in [5, 5.41) is 15.1. The van der Waals surface area contributed by atoms with Crippen LogP contribution in [0.15, 0.2) is 47.0 Å². The third kappa shape index (κ3) is 3.78. The Morgan fingerprint density at radius 2 is 2.26 bits per heavy atom. The Morgan fingerprint density at radius 3 is 3.04 bits per heavy atom. The third-order valence-corrected chi connectivity index (χ3v) is 5.15. The maximum Gasteiger partial charge on any atom is 0.311 e. The zero-order valence-corrected chi connectivity index (χ0v) is 15.2. The normalized spacial score (nSPS) is 17.4. The van der Waals surface area contributed by atoms with Gasteiger partial charge < -0.3 is 14.6 Å². The quantitative estimate of drug-likeness (QED) is 0.510. The van der Waals surface area contributed by atoms with Crippen LogP contribution >= 0.6 is 0 Å². The molecular weight excluding hydrogens is 344 g/mol. The number of nitrogens with one attached hydrogen (secondary N) is 1. The molecule has 3 heterocycles. The molecule has 4 rings (SSSR count). The summed E-state index contributed by atoms with van der Waals surface area (Å²) >= 11 is 0. The van der Waals surface area contributed by atoms with Gasteiger partial charge in [0.05, 0.1) is 4.92 Å². The Bertz CT molecular complexity index is 969. The molecule has 0 saturated carbocycles. The molecule has 0 unspecified atom stereocenters. The van der Waals surface area contributed by atoms with E-state index in [1.165, 1.54) is 25.1 Å². The Labute approximate surface area is 157 Å². The molecule has 1 atom stereocenters. The lowest BCUT2D eigenvalue weighted by molar-refractivity contribution is -0.384. The van der Waals surface area contributed by atoms with E-state index in [9.17, 15) is 10.1 Å². The Morgan fingerprint density at radius 1 is 1.37 bits per heavy atom. The van der Waals surface area contributed by atoms with E-state index in [-0.39, 0.29) is 11.5 Å². The molecule has 0 amide bonds. The molecule has 1 N–H and O–H groups in total. The van der Waals surface area contributed by atoms with E-state index in [1.54, 1.807) is 6.07 Å². The second-order valence-electron chi connectivity index (χ2n) is 7.00. The predicted octanol–water partition coefficient (Wildman–Crippen LogP) is 4.51. The number of hydrogen-bond acceptors (Lipinski definition) is 6. The molecule has 140 valence electrons. The van der Waals surface area contributed by atoms with Crippen LogP contribution in [-0.4, -0.2) is 33.9 Å². The van der Waals surface area contributed by atoms with Gasteiger partial charge in [0.2, 0.25) is 5.82 Å². The highest BCUT2D eigenvalue weighted by atomic mass is 16.6. The minimum absolute atomic E-state index is 0.0507. The zero-order chi connectivity index (χ0) is 18.8.